The van der Waals surface area contributed by atoms with Crippen molar-refractivity contribution in [2.24, 2.45) is 0 Å². The first-order valence-electron chi connectivity index (χ1n) is 5.70. The van der Waals surface area contributed by atoms with Crippen LogP contribution in [0.25, 0.3) is 0 Å². The molecule has 0 bridgehead atoms. The van der Waals surface area contributed by atoms with E-state index < -0.39 is 11.7 Å². The maximum absolute atomic E-state index is 11.4. The van der Waals surface area contributed by atoms with Gasteiger partial charge in [0.05, 0.1) is 12.2 Å². The van der Waals surface area contributed by atoms with Gasteiger partial charge in [0.1, 0.15) is 5.60 Å². The first-order chi connectivity index (χ1) is 7.37. The van der Waals surface area contributed by atoms with Crippen LogP contribution < -0.4 is 10.6 Å². The standard InChI is InChI=1S/C11H22N2O3/c1-8-5-12-6-9(15-8)7-13-10(14)16-11(2,3)4/h8-9,12H,5-7H2,1-4H3,(H,13,14)/t8-,9-/m1/s1. The summed E-state index contributed by atoms with van der Waals surface area (Å²) >= 11 is 0. The Kier molecular flexibility index (Phi) is 4.56. The van der Waals surface area contributed by atoms with Crippen LogP contribution in [0.4, 0.5) is 4.79 Å². The zero-order valence-corrected chi connectivity index (χ0v) is 10.5. The predicted molar refractivity (Wildman–Crippen MR) is 61.4 cm³/mol. The Labute approximate surface area is 96.9 Å². The van der Waals surface area contributed by atoms with Gasteiger partial charge < -0.3 is 20.1 Å². The van der Waals surface area contributed by atoms with Crippen LogP contribution in [0.3, 0.4) is 0 Å². The van der Waals surface area contributed by atoms with Crippen molar-refractivity contribution in [3.63, 3.8) is 0 Å². The molecular weight excluding hydrogens is 208 g/mol. The summed E-state index contributed by atoms with van der Waals surface area (Å²) in [5.74, 6) is 0. The number of amides is 1. The molecule has 16 heavy (non-hydrogen) atoms. The molecule has 0 saturated carbocycles. The fourth-order valence-electron chi connectivity index (χ4n) is 1.50. The summed E-state index contributed by atoms with van der Waals surface area (Å²) in [5.41, 5.74) is -0.455. The molecule has 1 saturated heterocycles. The van der Waals surface area contributed by atoms with Gasteiger partial charge in [-0.1, -0.05) is 0 Å². The van der Waals surface area contributed by atoms with Crippen LogP contribution in [0.1, 0.15) is 27.7 Å². The Morgan fingerprint density at radius 3 is 2.75 bits per heavy atom. The van der Waals surface area contributed by atoms with E-state index in [9.17, 15) is 4.79 Å². The average Bonchev–Trinajstić information content (AvgIpc) is 2.12. The van der Waals surface area contributed by atoms with Gasteiger partial charge in [-0.3, -0.25) is 0 Å². The first kappa shape index (κ1) is 13.3. The summed E-state index contributed by atoms with van der Waals surface area (Å²) < 4.78 is 10.8. The van der Waals surface area contributed by atoms with E-state index in [-0.39, 0.29) is 12.2 Å². The second-order valence-electron chi connectivity index (χ2n) is 5.11. The topological polar surface area (TPSA) is 59.6 Å². The number of carbonyl (C=O) groups is 1. The van der Waals surface area contributed by atoms with Crippen LogP contribution in [0.15, 0.2) is 0 Å². The minimum absolute atomic E-state index is 0.0243. The quantitative estimate of drug-likeness (QED) is 0.739. The molecule has 0 aromatic carbocycles. The van der Waals surface area contributed by atoms with Gasteiger partial charge in [0, 0.05) is 19.6 Å². The Morgan fingerprint density at radius 1 is 1.50 bits per heavy atom. The molecular formula is C11H22N2O3. The molecule has 0 radical (unpaired) electrons. The highest BCUT2D eigenvalue weighted by Gasteiger charge is 2.21. The van der Waals surface area contributed by atoms with E-state index in [4.69, 9.17) is 9.47 Å². The Bertz CT molecular complexity index is 238. The highest BCUT2D eigenvalue weighted by atomic mass is 16.6. The van der Waals surface area contributed by atoms with E-state index in [1.807, 2.05) is 27.7 Å². The summed E-state index contributed by atoms with van der Waals surface area (Å²) in [7, 11) is 0. The molecule has 0 unspecified atom stereocenters. The second-order valence-corrected chi connectivity index (χ2v) is 5.11. The lowest BCUT2D eigenvalue weighted by Crippen LogP contribution is -2.49. The zero-order valence-electron chi connectivity index (χ0n) is 10.5. The largest absolute Gasteiger partial charge is 0.444 e. The Balaban J connectivity index is 2.21. The smallest absolute Gasteiger partial charge is 0.407 e. The van der Waals surface area contributed by atoms with E-state index in [2.05, 4.69) is 10.6 Å². The molecule has 0 aliphatic carbocycles. The van der Waals surface area contributed by atoms with Crippen molar-refractivity contribution in [3.05, 3.63) is 0 Å². The SMILES string of the molecule is C[C@@H]1CNC[C@H](CNC(=O)OC(C)(C)C)O1. The van der Waals surface area contributed by atoms with Crippen molar-refractivity contribution in [1.82, 2.24) is 10.6 Å². The van der Waals surface area contributed by atoms with Gasteiger partial charge in [-0.15, -0.1) is 0 Å². The van der Waals surface area contributed by atoms with Gasteiger partial charge in [0.2, 0.25) is 0 Å². The molecule has 2 atom stereocenters. The number of hydrogen-bond acceptors (Lipinski definition) is 4. The molecule has 2 N–H and O–H groups in total. The molecule has 0 aromatic rings. The summed E-state index contributed by atoms with van der Waals surface area (Å²) in [5, 5.41) is 5.94. The van der Waals surface area contributed by atoms with E-state index in [0.717, 1.165) is 13.1 Å². The highest BCUT2D eigenvalue weighted by Crippen LogP contribution is 2.07. The van der Waals surface area contributed by atoms with Crippen molar-refractivity contribution in [2.75, 3.05) is 19.6 Å². The minimum Gasteiger partial charge on any atom is -0.444 e. The molecule has 0 aromatic heterocycles. The van der Waals surface area contributed by atoms with Crippen molar-refractivity contribution in [2.45, 2.75) is 45.5 Å². The molecule has 1 amide bonds. The number of morpholine rings is 1. The van der Waals surface area contributed by atoms with Gasteiger partial charge in [-0.2, -0.15) is 0 Å². The van der Waals surface area contributed by atoms with Crippen molar-refractivity contribution in [3.8, 4) is 0 Å². The average molecular weight is 230 g/mol. The molecule has 1 aliphatic heterocycles. The van der Waals surface area contributed by atoms with Gasteiger partial charge in [-0.05, 0) is 27.7 Å². The van der Waals surface area contributed by atoms with Crippen LogP contribution in [-0.2, 0) is 9.47 Å². The van der Waals surface area contributed by atoms with E-state index >= 15 is 0 Å². The summed E-state index contributed by atoms with van der Waals surface area (Å²) in [4.78, 5) is 11.4. The molecule has 1 heterocycles. The normalized spacial score (nSPS) is 26.2. The van der Waals surface area contributed by atoms with Gasteiger partial charge >= 0.3 is 6.09 Å². The van der Waals surface area contributed by atoms with Crippen molar-refractivity contribution < 1.29 is 14.3 Å². The van der Waals surface area contributed by atoms with Gasteiger partial charge in [-0.25, -0.2) is 4.79 Å². The third-order valence-electron chi connectivity index (χ3n) is 2.10. The number of alkyl carbamates (subject to hydrolysis) is 1. The molecule has 1 rings (SSSR count). The maximum atomic E-state index is 11.4. The number of rotatable bonds is 2. The van der Waals surface area contributed by atoms with Crippen LogP contribution in [0.5, 0.6) is 0 Å². The molecule has 0 spiro atoms. The molecule has 1 aliphatic rings. The van der Waals surface area contributed by atoms with E-state index in [1.54, 1.807) is 0 Å². The Morgan fingerprint density at radius 2 is 2.19 bits per heavy atom. The third-order valence-corrected chi connectivity index (χ3v) is 2.10. The number of ether oxygens (including phenoxy) is 2. The lowest BCUT2D eigenvalue weighted by molar-refractivity contribution is -0.0273. The number of carbonyl (C=O) groups excluding carboxylic acids is 1. The molecule has 94 valence electrons. The second kappa shape index (κ2) is 5.50. The van der Waals surface area contributed by atoms with Gasteiger partial charge in [0.15, 0.2) is 0 Å². The minimum atomic E-state index is -0.455. The van der Waals surface area contributed by atoms with E-state index in [0.29, 0.717) is 6.54 Å². The lowest BCUT2D eigenvalue weighted by Gasteiger charge is -2.29. The molecule has 5 heteroatoms. The highest BCUT2D eigenvalue weighted by molar-refractivity contribution is 5.67. The zero-order chi connectivity index (χ0) is 12.2. The van der Waals surface area contributed by atoms with Crippen molar-refractivity contribution >= 4 is 6.09 Å². The fourth-order valence-corrected chi connectivity index (χ4v) is 1.50. The van der Waals surface area contributed by atoms with Crippen molar-refractivity contribution in [1.29, 1.82) is 0 Å². The van der Waals surface area contributed by atoms with E-state index in [1.165, 1.54) is 0 Å². The Hall–Kier alpha value is -0.810. The summed E-state index contributed by atoms with van der Waals surface area (Å²) in [6.07, 6.45) is -0.176. The maximum Gasteiger partial charge on any atom is 0.407 e. The van der Waals surface area contributed by atoms with Crippen LogP contribution in [0, 0.1) is 0 Å². The summed E-state index contributed by atoms with van der Waals surface area (Å²) in [6.45, 7) is 9.63. The monoisotopic (exact) mass is 230 g/mol. The number of hydrogen-bond donors (Lipinski definition) is 2. The predicted octanol–water partition coefficient (Wildman–Crippen LogP) is 0.888. The lowest BCUT2D eigenvalue weighted by atomic mass is 10.2. The molecule has 5 nitrogen and oxygen atoms in total. The third kappa shape index (κ3) is 5.32. The van der Waals surface area contributed by atoms with Crippen LogP contribution >= 0.6 is 0 Å². The molecule has 1 fully saturated rings. The van der Waals surface area contributed by atoms with Crippen LogP contribution in [-0.4, -0.2) is 43.5 Å². The number of nitrogens with one attached hydrogen (secondary N) is 2. The van der Waals surface area contributed by atoms with Crippen LogP contribution in [0.2, 0.25) is 0 Å². The summed E-state index contributed by atoms with van der Waals surface area (Å²) in [6, 6.07) is 0. The first-order valence-corrected chi connectivity index (χ1v) is 5.70. The van der Waals surface area contributed by atoms with Gasteiger partial charge in [0.25, 0.3) is 0 Å². The fraction of sp³-hybridized carbons (Fsp3) is 0.909.